The van der Waals surface area contributed by atoms with Crippen molar-refractivity contribution in [1.29, 1.82) is 0 Å². The van der Waals surface area contributed by atoms with Crippen molar-refractivity contribution in [2.24, 2.45) is 0 Å². The number of sulfonamides is 1. The first-order chi connectivity index (χ1) is 15.2. The van der Waals surface area contributed by atoms with Gasteiger partial charge in [-0.25, -0.2) is 8.42 Å². The van der Waals surface area contributed by atoms with Gasteiger partial charge in [-0.2, -0.15) is 0 Å². The number of nitrogens with one attached hydrogen (secondary N) is 1. The molecule has 0 bridgehead atoms. The number of benzene rings is 2. The van der Waals surface area contributed by atoms with Crippen LogP contribution in [-0.4, -0.2) is 62.7 Å². The van der Waals surface area contributed by atoms with Gasteiger partial charge < -0.3 is 29.0 Å². The molecule has 0 radical (unpaired) electrons. The molecule has 0 aliphatic heterocycles. The van der Waals surface area contributed by atoms with Crippen LogP contribution in [0.1, 0.15) is 5.56 Å². The number of hydrogen-bond donors (Lipinski definition) is 1. The van der Waals surface area contributed by atoms with Gasteiger partial charge >= 0.3 is 0 Å². The van der Waals surface area contributed by atoms with Crippen LogP contribution in [-0.2, 0) is 21.4 Å². The third-order valence-electron chi connectivity index (χ3n) is 4.56. The number of anilines is 1. The van der Waals surface area contributed by atoms with Gasteiger partial charge in [0.15, 0.2) is 23.0 Å². The highest BCUT2D eigenvalue weighted by Gasteiger charge is 2.22. The Hall–Kier alpha value is -3.34. The summed E-state index contributed by atoms with van der Waals surface area (Å²) >= 11 is 0. The molecule has 0 spiro atoms. The molecule has 0 aliphatic carbocycles. The number of carbonyl (C=O) groups is 1. The highest BCUT2D eigenvalue weighted by atomic mass is 32.2. The number of rotatable bonds is 11. The molecule has 0 fully saturated rings. The molecule has 2 aromatic rings. The summed E-state index contributed by atoms with van der Waals surface area (Å²) < 4.78 is 52.0. The van der Waals surface area contributed by atoms with Crippen LogP contribution in [0, 0.1) is 0 Å². The van der Waals surface area contributed by atoms with Crippen LogP contribution in [0.3, 0.4) is 0 Å². The standard InChI is InChI=1S/C21H28N2O8S/c1-27-16-8-7-15(11-17(16)28-2)23(32(6,25)26)13-20(24)22-12-14-9-18(29-3)21(31-5)19(10-14)30-4/h7-11H,12-13H2,1-6H3,(H,22,24). The van der Waals surface area contributed by atoms with E-state index in [1.54, 1.807) is 18.2 Å². The second-order valence-electron chi connectivity index (χ2n) is 6.62. The molecule has 1 N–H and O–H groups in total. The lowest BCUT2D eigenvalue weighted by atomic mass is 10.1. The summed E-state index contributed by atoms with van der Waals surface area (Å²) in [4.78, 5) is 12.6. The van der Waals surface area contributed by atoms with E-state index < -0.39 is 22.5 Å². The van der Waals surface area contributed by atoms with Crippen LogP contribution in [0.25, 0.3) is 0 Å². The fourth-order valence-electron chi connectivity index (χ4n) is 3.00. The molecule has 0 aromatic heterocycles. The van der Waals surface area contributed by atoms with Crippen LogP contribution >= 0.6 is 0 Å². The molecule has 1 amide bonds. The van der Waals surface area contributed by atoms with Gasteiger partial charge in [0, 0.05) is 12.6 Å². The summed E-state index contributed by atoms with van der Waals surface area (Å²) in [6.45, 7) is -0.294. The molecular weight excluding hydrogens is 440 g/mol. The number of carbonyl (C=O) groups excluding carboxylic acids is 1. The maximum absolute atomic E-state index is 12.6. The predicted octanol–water partition coefficient (Wildman–Crippen LogP) is 1.81. The van der Waals surface area contributed by atoms with Gasteiger partial charge in [-0.3, -0.25) is 9.10 Å². The zero-order valence-corrected chi connectivity index (χ0v) is 19.7. The van der Waals surface area contributed by atoms with Crippen molar-refractivity contribution < 1.29 is 36.9 Å². The molecule has 2 rings (SSSR count). The average Bonchev–Trinajstić information content (AvgIpc) is 2.78. The van der Waals surface area contributed by atoms with Gasteiger partial charge in [0.25, 0.3) is 0 Å². The van der Waals surface area contributed by atoms with Crippen molar-refractivity contribution >= 4 is 21.6 Å². The van der Waals surface area contributed by atoms with E-state index in [-0.39, 0.29) is 12.2 Å². The van der Waals surface area contributed by atoms with Gasteiger partial charge in [0.05, 0.1) is 47.5 Å². The highest BCUT2D eigenvalue weighted by Crippen LogP contribution is 2.38. The van der Waals surface area contributed by atoms with Gasteiger partial charge in [0.1, 0.15) is 6.54 Å². The zero-order chi connectivity index (χ0) is 23.9. The van der Waals surface area contributed by atoms with Crippen molar-refractivity contribution in [3.05, 3.63) is 35.9 Å². The molecule has 176 valence electrons. The van der Waals surface area contributed by atoms with Crippen LogP contribution in [0.4, 0.5) is 5.69 Å². The molecule has 11 heteroatoms. The van der Waals surface area contributed by atoms with E-state index >= 15 is 0 Å². The molecule has 0 atom stereocenters. The van der Waals surface area contributed by atoms with Gasteiger partial charge in [-0.15, -0.1) is 0 Å². The summed E-state index contributed by atoms with van der Waals surface area (Å²) in [7, 11) is 3.65. The third-order valence-corrected chi connectivity index (χ3v) is 5.70. The average molecular weight is 469 g/mol. The second-order valence-corrected chi connectivity index (χ2v) is 8.53. The maximum atomic E-state index is 12.6. The Morgan fingerprint density at radius 3 is 1.88 bits per heavy atom. The summed E-state index contributed by atoms with van der Waals surface area (Å²) in [5.41, 5.74) is 0.956. The molecule has 0 aliphatic rings. The minimum absolute atomic E-state index is 0.124. The Labute approximate surface area is 188 Å². The first-order valence-electron chi connectivity index (χ1n) is 9.43. The number of nitrogens with zero attached hydrogens (tertiary/aromatic N) is 1. The number of methoxy groups -OCH3 is 5. The minimum Gasteiger partial charge on any atom is -0.493 e. The van der Waals surface area contributed by atoms with E-state index in [0.717, 1.165) is 10.6 Å². The monoisotopic (exact) mass is 468 g/mol. The van der Waals surface area contributed by atoms with Crippen LogP contribution < -0.4 is 33.3 Å². The van der Waals surface area contributed by atoms with E-state index in [4.69, 9.17) is 23.7 Å². The van der Waals surface area contributed by atoms with Crippen molar-refractivity contribution in [2.75, 3.05) is 52.7 Å². The van der Waals surface area contributed by atoms with E-state index in [2.05, 4.69) is 5.32 Å². The third kappa shape index (κ3) is 5.88. The predicted molar refractivity (Wildman–Crippen MR) is 120 cm³/mol. The number of amides is 1. The molecule has 0 unspecified atom stereocenters. The van der Waals surface area contributed by atoms with Crippen LogP contribution in [0.5, 0.6) is 28.7 Å². The second kappa shape index (κ2) is 10.8. The lowest BCUT2D eigenvalue weighted by Crippen LogP contribution is -2.40. The van der Waals surface area contributed by atoms with Crippen LogP contribution in [0.15, 0.2) is 30.3 Å². The largest absolute Gasteiger partial charge is 0.493 e. The first-order valence-corrected chi connectivity index (χ1v) is 11.3. The SMILES string of the molecule is COc1ccc(N(CC(=O)NCc2cc(OC)c(OC)c(OC)c2)S(C)(=O)=O)cc1OC. The lowest BCUT2D eigenvalue weighted by Gasteiger charge is -2.23. The number of ether oxygens (including phenoxy) is 5. The zero-order valence-electron chi connectivity index (χ0n) is 18.9. The Morgan fingerprint density at radius 1 is 0.844 bits per heavy atom. The summed E-state index contributed by atoms with van der Waals surface area (Å²) in [6, 6.07) is 8.00. The molecule has 0 saturated carbocycles. The molecular formula is C21H28N2O8S. The first kappa shape index (κ1) is 24.9. The Kier molecular flexibility index (Phi) is 8.41. The van der Waals surface area contributed by atoms with E-state index in [9.17, 15) is 13.2 Å². The Morgan fingerprint density at radius 2 is 1.41 bits per heavy atom. The van der Waals surface area contributed by atoms with Crippen molar-refractivity contribution in [3.8, 4) is 28.7 Å². The summed E-state index contributed by atoms with van der Waals surface area (Å²) in [6.07, 6.45) is 1.02. The fraction of sp³-hybridized carbons (Fsp3) is 0.381. The topological polar surface area (TPSA) is 113 Å². The van der Waals surface area contributed by atoms with Gasteiger partial charge in [-0.1, -0.05) is 0 Å². The highest BCUT2D eigenvalue weighted by molar-refractivity contribution is 7.92. The minimum atomic E-state index is -3.75. The van der Waals surface area contributed by atoms with Gasteiger partial charge in [0.2, 0.25) is 21.7 Å². The van der Waals surface area contributed by atoms with Crippen LogP contribution in [0.2, 0.25) is 0 Å². The Bertz CT molecular complexity index is 1030. The maximum Gasteiger partial charge on any atom is 0.241 e. The summed E-state index contributed by atoms with van der Waals surface area (Å²) in [5.74, 6) is 1.60. The quantitative estimate of drug-likeness (QED) is 0.531. The molecule has 32 heavy (non-hydrogen) atoms. The van der Waals surface area contributed by atoms with Crippen molar-refractivity contribution in [1.82, 2.24) is 5.32 Å². The molecule has 2 aromatic carbocycles. The van der Waals surface area contributed by atoms with Crippen molar-refractivity contribution in [2.45, 2.75) is 6.54 Å². The summed E-state index contributed by atoms with van der Waals surface area (Å²) in [5, 5.41) is 2.71. The smallest absolute Gasteiger partial charge is 0.241 e. The molecule has 0 saturated heterocycles. The number of hydrogen-bond acceptors (Lipinski definition) is 8. The lowest BCUT2D eigenvalue weighted by molar-refractivity contribution is -0.119. The fourth-order valence-corrected chi connectivity index (χ4v) is 3.85. The molecule has 0 heterocycles. The van der Waals surface area contributed by atoms with Crippen molar-refractivity contribution in [3.63, 3.8) is 0 Å². The Balaban J connectivity index is 2.21. The van der Waals surface area contributed by atoms with Gasteiger partial charge in [-0.05, 0) is 29.8 Å². The van der Waals surface area contributed by atoms with E-state index in [0.29, 0.717) is 34.3 Å². The molecule has 10 nitrogen and oxygen atoms in total. The normalized spacial score (nSPS) is 10.8. The van der Waals surface area contributed by atoms with E-state index in [1.165, 1.54) is 47.7 Å². The van der Waals surface area contributed by atoms with E-state index in [1.807, 2.05) is 0 Å².